The highest BCUT2D eigenvalue weighted by atomic mass is 32.2. The van der Waals surface area contributed by atoms with Crippen LogP contribution in [0.3, 0.4) is 0 Å². The van der Waals surface area contributed by atoms with Crippen molar-refractivity contribution in [1.29, 1.82) is 0 Å². The Morgan fingerprint density at radius 3 is 2.50 bits per heavy atom. The SMILES string of the molecule is CC[C@H](Sc1nnc(-c2ccccc2)n1C)C(=O)Nc1ccc(F)cc1. The molecule has 1 atom stereocenters. The van der Waals surface area contributed by atoms with E-state index in [0.29, 0.717) is 17.3 Å². The van der Waals surface area contributed by atoms with E-state index in [9.17, 15) is 9.18 Å². The Labute approximate surface area is 155 Å². The Morgan fingerprint density at radius 1 is 1.15 bits per heavy atom. The standard InChI is InChI=1S/C19H19FN4OS/c1-3-16(18(25)21-15-11-9-14(20)10-12-15)26-19-23-22-17(24(19)2)13-7-5-4-6-8-13/h4-12,16H,3H2,1-2H3,(H,21,25)/t16-/m0/s1. The number of benzene rings is 2. The molecule has 0 saturated heterocycles. The number of hydrogen-bond donors (Lipinski definition) is 1. The molecule has 1 aromatic heterocycles. The van der Waals surface area contributed by atoms with E-state index < -0.39 is 0 Å². The molecule has 5 nitrogen and oxygen atoms in total. The molecule has 1 N–H and O–H groups in total. The summed E-state index contributed by atoms with van der Waals surface area (Å²) >= 11 is 1.36. The summed E-state index contributed by atoms with van der Waals surface area (Å²) in [5.41, 5.74) is 1.54. The van der Waals surface area contributed by atoms with Crippen LogP contribution in [0.15, 0.2) is 59.8 Å². The van der Waals surface area contributed by atoms with Gasteiger partial charge in [0.2, 0.25) is 5.91 Å². The number of aromatic nitrogens is 3. The minimum Gasteiger partial charge on any atom is -0.325 e. The first kappa shape index (κ1) is 18.1. The Hall–Kier alpha value is -2.67. The van der Waals surface area contributed by atoms with Gasteiger partial charge >= 0.3 is 0 Å². The van der Waals surface area contributed by atoms with Crippen LogP contribution in [-0.4, -0.2) is 25.9 Å². The van der Waals surface area contributed by atoms with E-state index in [1.807, 2.05) is 48.9 Å². The topological polar surface area (TPSA) is 59.8 Å². The fraction of sp³-hybridized carbons (Fsp3) is 0.211. The summed E-state index contributed by atoms with van der Waals surface area (Å²) in [7, 11) is 1.88. The van der Waals surface area contributed by atoms with Gasteiger partial charge in [0, 0.05) is 18.3 Å². The molecule has 1 amide bonds. The van der Waals surface area contributed by atoms with Crippen molar-refractivity contribution >= 4 is 23.4 Å². The number of rotatable bonds is 6. The number of nitrogens with one attached hydrogen (secondary N) is 1. The summed E-state index contributed by atoms with van der Waals surface area (Å²) in [4.78, 5) is 12.5. The van der Waals surface area contributed by atoms with E-state index in [4.69, 9.17) is 0 Å². The van der Waals surface area contributed by atoms with Gasteiger partial charge in [-0.15, -0.1) is 10.2 Å². The van der Waals surface area contributed by atoms with E-state index in [1.165, 1.54) is 23.9 Å². The average Bonchev–Trinajstić information content (AvgIpc) is 3.02. The number of amides is 1. The van der Waals surface area contributed by atoms with Crippen molar-refractivity contribution in [1.82, 2.24) is 14.8 Å². The second-order valence-corrected chi connectivity index (χ2v) is 6.91. The molecule has 0 unspecified atom stereocenters. The van der Waals surface area contributed by atoms with Crippen LogP contribution in [0, 0.1) is 5.82 Å². The highest BCUT2D eigenvalue weighted by Crippen LogP contribution is 2.28. The molecule has 134 valence electrons. The zero-order valence-corrected chi connectivity index (χ0v) is 15.3. The van der Waals surface area contributed by atoms with Gasteiger partial charge in [0.1, 0.15) is 5.82 Å². The highest BCUT2D eigenvalue weighted by Gasteiger charge is 2.22. The van der Waals surface area contributed by atoms with Crippen LogP contribution in [0.4, 0.5) is 10.1 Å². The van der Waals surface area contributed by atoms with E-state index >= 15 is 0 Å². The first-order valence-corrected chi connectivity index (χ1v) is 9.14. The lowest BCUT2D eigenvalue weighted by atomic mass is 10.2. The zero-order valence-electron chi connectivity index (χ0n) is 14.5. The molecule has 1 heterocycles. The van der Waals surface area contributed by atoms with Crippen LogP contribution in [0.5, 0.6) is 0 Å². The van der Waals surface area contributed by atoms with Gasteiger partial charge in [-0.1, -0.05) is 49.0 Å². The maximum Gasteiger partial charge on any atom is 0.237 e. The van der Waals surface area contributed by atoms with Gasteiger partial charge in [-0.25, -0.2) is 4.39 Å². The Morgan fingerprint density at radius 2 is 1.85 bits per heavy atom. The smallest absolute Gasteiger partial charge is 0.237 e. The molecule has 2 aromatic carbocycles. The minimum atomic E-state index is -0.336. The van der Waals surface area contributed by atoms with Gasteiger partial charge in [0.25, 0.3) is 0 Å². The summed E-state index contributed by atoms with van der Waals surface area (Å²) in [6.45, 7) is 1.94. The minimum absolute atomic E-state index is 0.145. The second-order valence-electron chi connectivity index (χ2n) is 5.74. The van der Waals surface area contributed by atoms with Gasteiger partial charge in [0.15, 0.2) is 11.0 Å². The predicted octanol–water partition coefficient (Wildman–Crippen LogP) is 4.13. The van der Waals surface area contributed by atoms with Crippen LogP contribution in [0.25, 0.3) is 11.4 Å². The lowest BCUT2D eigenvalue weighted by Gasteiger charge is -2.14. The summed E-state index contributed by atoms with van der Waals surface area (Å²) in [6, 6.07) is 15.5. The first-order chi connectivity index (χ1) is 12.6. The van der Waals surface area contributed by atoms with Gasteiger partial charge in [0.05, 0.1) is 5.25 Å². The van der Waals surface area contributed by atoms with Gasteiger partial charge in [-0.05, 0) is 30.7 Å². The third-order valence-corrected chi connectivity index (χ3v) is 5.29. The Balaban J connectivity index is 1.73. The van der Waals surface area contributed by atoms with Crippen LogP contribution in [0.2, 0.25) is 0 Å². The molecule has 0 fully saturated rings. The normalized spacial score (nSPS) is 12.0. The molecular formula is C19H19FN4OS. The molecule has 0 saturated carbocycles. The molecule has 0 aliphatic carbocycles. The lowest BCUT2D eigenvalue weighted by molar-refractivity contribution is -0.115. The molecule has 0 bridgehead atoms. The van der Waals surface area contributed by atoms with Crippen molar-refractivity contribution in [2.75, 3.05) is 5.32 Å². The number of halogens is 1. The van der Waals surface area contributed by atoms with Gasteiger partial charge in [-0.2, -0.15) is 0 Å². The van der Waals surface area contributed by atoms with E-state index in [1.54, 1.807) is 12.1 Å². The maximum atomic E-state index is 13.0. The fourth-order valence-electron chi connectivity index (χ4n) is 2.46. The number of hydrogen-bond acceptors (Lipinski definition) is 4. The van der Waals surface area contributed by atoms with Crippen molar-refractivity contribution in [3.63, 3.8) is 0 Å². The zero-order chi connectivity index (χ0) is 18.5. The third kappa shape index (κ3) is 4.11. The molecule has 0 aliphatic heterocycles. The number of thioether (sulfide) groups is 1. The van der Waals surface area contributed by atoms with Crippen molar-refractivity contribution < 1.29 is 9.18 Å². The molecule has 3 aromatic rings. The van der Waals surface area contributed by atoms with Crippen LogP contribution < -0.4 is 5.32 Å². The monoisotopic (exact) mass is 370 g/mol. The molecule has 0 spiro atoms. The number of carbonyl (C=O) groups is 1. The highest BCUT2D eigenvalue weighted by molar-refractivity contribution is 8.00. The lowest BCUT2D eigenvalue weighted by Crippen LogP contribution is -2.25. The Kier molecular flexibility index (Phi) is 5.68. The number of carbonyl (C=O) groups excluding carboxylic acids is 1. The van der Waals surface area contributed by atoms with Gasteiger partial charge in [-0.3, -0.25) is 4.79 Å². The molecule has 3 rings (SSSR count). The second kappa shape index (κ2) is 8.14. The number of anilines is 1. The summed E-state index contributed by atoms with van der Waals surface area (Å²) in [5, 5.41) is 11.6. The van der Waals surface area contributed by atoms with Crippen molar-refractivity contribution in [3.8, 4) is 11.4 Å². The van der Waals surface area contributed by atoms with Crippen LogP contribution in [0.1, 0.15) is 13.3 Å². The van der Waals surface area contributed by atoms with Crippen molar-refractivity contribution in [2.24, 2.45) is 7.05 Å². The van der Waals surface area contributed by atoms with Gasteiger partial charge < -0.3 is 9.88 Å². The summed E-state index contributed by atoms with van der Waals surface area (Å²) < 4.78 is 14.9. The van der Waals surface area contributed by atoms with Crippen molar-refractivity contribution in [2.45, 2.75) is 23.8 Å². The van der Waals surface area contributed by atoms with Crippen molar-refractivity contribution in [3.05, 3.63) is 60.4 Å². The van der Waals surface area contributed by atoms with Crippen LogP contribution >= 0.6 is 11.8 Å². The van der Waals surface area contributed by atoms with E-state index in [2.05, 4.69) is 15.5 Å². The maximum absolute atomic E-state index is 13.0. The molecule has 7 heteroatoms. The predicted molar refractivity (Wildman–Crippen MR) is 101 cm³/mol. The molecule has 26 heavy (non-hydrogen) atoms. The Bertz CT molecular complexity index is 880. The molecule has 0 aliphatic rings. The fourth-order valence-corrected chi connectivity index (χ4v) is 3.38. The van der Waals surface area contributed by atoms with Crippen LogP contribution in [-0.2, 0) is 11.8 Å². The summed E-state index contributed by atoms with van der Waals surface area (Å²) in [6.07, 6.45) is 0.630. The third-order valence-electron chi connectivity index (χ3n) is 3.89. The average molecular weight is 370 g/mol. The molecule has 0 radical (unpaired) electrons. The molecular weight excluding hydrogens is 351 g/mol. The van der Waals surface area contributed by atoms with E-state index in [0.717, 1.165) is 11.4 Å². The first-order valence-electron chi connectivity index (χ1n) is 8.26. The quantitative estimate of drug-likeness (QED) is 0.663. The largest absolute Gasteiger partial charge is 0.325 e. The summed E-state index contributed by atoms with van der Waals surface area (Å²) in [5.74, 6) is 0.271. The van der Waals surface area contributed by atoms with E-state index in [-0.39, 0.29) is 17.0 Å². The number of nitrogens with zero attached hydrogens (tertiary/aromatic N) is 3.